The number of carbonyl (C=O) groups is 3. The van der Waals surface area contributed by atoms with Crippen molar-refractivity contribution >= 4 is 23.4 Å². The summed E-state index contributed by atoms with van der Waals surface area (Å²) in [5, 5.41) is 3.47. The number of hydrogen-bond acceptors (Lipinski definition) is 6. The number of Topliss-reactive ketones (excluding diaryl/α,β-unsaturated/α-hetero) is 1. The minimum Gasteiger partial charge on any atom is -0.465 e. The van der Waals surface area contributed by atoms with Gasteiger partial charge in [0.15, 0.2) is 5.78 Å². The van der Waals surface area contributed by atoms with Crippen LogP contribution in [0.2, 0.25) is 0 Å². The smallest absolute Gasteiger partial charge is 0.328 e. The van der Waals surface area contributed by atoms with E-state index in [9.17, 15) is 14.4 Å². The summed E-state index contributed by atoms with van der Waals surface area (Å²) in [4.78, 5) is 36.9. The second-order valence-electron chi connectivity index (χ2n) is 6.86. The summed E-state index contributed by atoms with van der Waals surface area (Å²) in [5.74, 6) is -3.28. The van der Waals surface area contributed by atoms with Crippen molar-refractivity contribution in [3.05, 3.63) is 29.8 Å². The van der Waals surface area contributed by atoms with Gasteiger partial charge >= 0.3 is 11.9 Å². The van der Waals surface area contributed by atoms with Gasteiger partial charge in [-0.3, -0.25) is 14.4 Å². The number of hydrogen-bond donors (Lipinski definition) is 1. The number of benzene rings is 1. The highest BCUT2D eigenvalue weighted by atomic mass is 16.6. The third-order valence-corrected chi connectivity index (χ3v) is 4.98. The number of rotatable bonds is 9. The van der Waals surface area contributed by atoms with E-state index in [2.05, 4.69) is 12.2 Å². The quantitative estimate of drug-likeness (QED) is 0.403. The van der Waals surface area contributed by atoms with Crippen molar-refractivity contribution in [1.82, 2.24) is 0 Å². The van der Waals surface area contributed by atoms with Gasteiger partial charge in [0.05, 0.1) is 13.2 Å². The molecule has 2 rings (SSSR count). The Bertz CT molecular complexity index is 631. The summed E-state index contributed by atoms with van der Waals surface area (Å²) >= 11 is 0. The van der Waals surface area contributed by atoms with Gasteiger partial charge < -0.3 is 14.8 Å². The molecule has 0 aromatic heterocycles. The minimum atomic E-state index is -1.58. The molecule has 1 aromatic carbocycles. The van der Waals surface area contributed by atoms with Gasteiger partial charge in [0.1, 0.15) is 0 Å². The lowest BCUT2D eigenvalue weighted by Crippen LogP contribution is -2.35. The highest BCUT2D eigenvalue weighted by Crippen LogP contribution is 2.29. The molecular formula is C21H29NO5. The van der Waals surface area contributed by atoms with Crippen molar-refractivity contribution in [3.63, 3.8) is 0 Å². The van der Waals surface area contributed by atoms with Gasteiger partial charge in [-0.15, -0.1) is 0 Å². The summed E-state index contributed by atoms with van der Waals surface area (Å²) < 4.78 is 9.75. The normalized spacial score (nSPS) is 15.4. The largest absolute Gasteiger partial charge is 0.465 e. The Labute approximate surface area is 160 Å². The number of anilines is 1. The van der Waals surface area contributed by atoms with Crippen LogP contribution in [-0.2, 0) is 19.1 Å². The highest BCUT2D eigenvalue weighted by molar-refractivity contribution is 6.20. The maximum absolute atomic E-state index is 12.7. The van der Waals surface area contributed by atoms with E-state index < -0.39 is 23.6 Å². The fourth-order valence-electron chi connectivity index (χ4n) is 3.50. The van der Waals surface area contributed by atoms with E-state index >= 15 is 0 Å². The van der Waals surface area contributed by atoms with Gasteiger partial charge in [0, 0.05) is 17.3 Å². The molecule has 0 saturated heterocycles. The van der Waals surface area contributed by atoms with Crippen molar-refractivity contribution in [2.45, 2.75) is 52.5 Å². The molecule has 0 aliphatic heterocycles. The molecule has 6 nitrogen and oxygen atoms in total. The zero-order valence-electron chi connectivity index (χ0n) is 16.3. The average Bonchev–Trinajstić information content (AvgIpc) is 3.18. The van der Waals surface area contributed by atoms with Crippen molar-refractivity contribution in [2.75, 3.05) is 18.5 Å². The van der Waals surface area contributed by atoms with Crippen LogP contribution in [0.15, 0.2) is 24.3 Å². The fourth-order valence-corrected chi connectivity index (χ4v) is 3.50. The molecular weight excluding hydrogens is 346 g/mol. The van der Waals surface area contributed by atoms with Gasteiger partial charge in [0.2, 0.25) is 5.92 Å². The summed E-state index contributed by atoms with van der Waals surface area (Å²) in [6, 6.07) is 7.20. The lowest BCUT2D eigenvalue weighted by Gasteiger charge is -2.21. The third kappa shape index (κ3) is 5.55. The molecule has 0 spiro atoms. The van der Waals surface area contributed by atoms with Gasteiger partial charge in [-0.05, 0) is 63.8 Å². The molecule has 1 N–H and O–H groups in total. The molecule has 1 aromatic rings. The monoisotopic (exact) mass is 375 g/mol. The maximum Gasteiger partial charge on any atom is 0.328 e. The molecule has 6 heteroatoms. The Morgan fingerprint density at radius 3 is 2.00 bits per heavy atom. The van der Waals surface area contributed by atoms with Gasteiger partial charge in [-0.2, -0.15) is 0 Å². The van der Waals surface area contributed by atoms with Crippen LogP contribution >= 0.6 is 0 Å². The van der Waals surface area contributed by atoms with E-state index in [0.717, 1.165) is 5.69 Å². The second kappa shape index (κ2) is 10.1. The lowest BCUT2D eigenvalue weighted by molar-refractivity contribution is -0.158. The Kier molecular flexibility index (Phi) is 7.82. The van der Waals surface area contributed by atoms with Crippen molar-refractivity contribution < 1.29 is 23.9 Å². The van der Waals surface area contributed by atoms with E-state index in [1.807, 2.05) is 0 Å². The number of ether oxygens (including phenoxy) is 2. The molecule has 0 heterocycles. The third-order valence-electron chi connectivity index (χ3n) is 4.98. The van der Waals surface area contributed by atoms with Crippen molar-refractivity contribution in [1.29, 1.82) is 0 Å². The highest BCUT2D eigenvalue weighted by Gasteiger charge is 2.37. The molecule has 1 atom stereocenters. The van der Waals surface area contributed by atoms with Crippen LogP contribution in [0.4, 0.5) is 5.69 Å². The Morgan fingerprint density at radius 2 is 1.52 bits per heavy atom. The van der Waals surface area contributed by atoms with Crippen molar-refractivity contribution in [3.8, 4) is 0 Å². The Balaban J connectivity index is 2.08. The zero-order valence-corrected chi connectivity index (χ0v) is 16.3. The number of esters is 2. The topological polar surface area (TPSA) is 81.7 Å². The van der Waals surface area contributed by atoms with E-state index in [1.165, 1.54) is 25.7 Å². The van der Waals surface area contributed by atoms with Gasteiger partial charge in [0.25, 0.3) is 0 Å². The summed E-state index contributed by atoms with van der Waals surface area (Å²) in [7, 11) is 0. The zero-order chi connectivity index (χ0) is 19.8. The summed E-state index contributed by atoms with van der Waals surface area (Å²) in [6.45, 7) is 5.59. The first-order valence-corrected chi connectivity index (χ1v) is 9.72. The van der Waals surface area contributed by atoms with Gasteiger partial charge in [-0.25, -0.2) is 0 Å². The number of carbonyl (C=O) groups excluding carboxylic acids is 3. The van der Waals surface area contributed by atoms with Gasteiger partial charge in [-0.1, -0.05) is 12.8 Å². The molecule has 0 amide bonds. The molecule has 0 radical (unpaired) electrons. The first kappa shape index (κ1) is 20.9. The molecule has 1 aliphatic carbocycles. The fraction of sp³-hybridized carbons (Fsp3) is 0.571. The predicted octanol–water partition coefficient (Wildman–Crippen LogP) is 3.60. The van der Waals surface area contributed by atoms with E-state index in [4.69, 9.17) is 9.47 Å². The van der Waals surface area contributed by atoms with Crippen LogP contribution in [0.5, 0.6) is 0 Å². The van der Waals surface area contributed by atoms with Crippen LogP contribution in [-0.4, -0.2) is 37.0 Å². The lowest BCUT2D eigenvalue weighted by atomic mass is 9.96. The molecule has 1 fully saturated rings. The first-order valence-electron chi connectivity index (χ1n) is 9.72. The van der Waals surface area contributed by atoms with Crippen LogP contribution in [0.25, 0.3) is 0 Å². The first-order chi connectivity index (χ1) is 13.0. The van der Waals surface area contributed by atoms with E-state index in [-0.39, 0.29) is 18.8 Å². The second-order valence-corrected chi connectivity index (χ2v) is 6.86. The van der Waals surface area contributed by atoms with Crippen LogP contribution in [0, 0.1) is 11.8 Å². The minimum absolute atomic E-state index is 0.0872. The molecule has 148 valence electrons. The van der Waals surface area contributed by atoms with E-state index in [1.54, 1.807) is 38.1 Å². The van der Waals surface area contributed by atoms with Crippen LogP contribution < -0.4 is 5.32 Å². The van der Waals surface area contributed by atoms with Crippen LogP contribution in [0.3, 0.4) is 0 Å². The SMILES string of the molecule is CCOC(=O)C(C(=O)OCC)C(=O)c1ccc(NC(C)C2CCCC2)cc1. The molecule has 27 heavy (non-hydrogen) atoms. The molecule has 1 saturated carbocycles. The molecule has 1 aliphatic rings. The number of ketones is 1. The summed E-state index contributed by atoms with van der Waals surface area (Å²) in [6.07, 6.45) is 5.05. The molecule has 0 bridgehead atoms. The standard InChI is InChI=1S/C21H29NO5/c1-4-26-20(24)18(21(25)27-5-2)19(23)16-10-12-17(13-11-16)22-14(3)15-8-6-7-9-15/h10-15,18,22H,4-9H2,1-3H3. The van der Waals surface area contributed by atoms with Crippen molar-refractivity contribution in [2.24, 2.45) is 11.8 Å². The van der Waals surface area contributed by atoms with Crippen LogP contribution in [0.1, 0.15) is 56.8 Å². The summed E-state index contributed by atoms with van der Waals surface area (Å²) in [5.41, 5.74) is 1.19. The maximum atomic E-state index is 12.7. The predicted molar refractivity (Wildman–Crippen MR) is 103 cm³/mol. The molecule has 1 unspecified atom stereocenters. The Morgan fingerprint density at radius 1 is 1.00 bits per heavy atom. The van der Waals surface area contributed by atoms with E-state index in [0.29, 0.717) is 12.0 Å². The Hall–Kier alpha value is -2.37. The number of nitrogens with one attached hydrogen (secondary N) is 1. The average molecular weight is 375 g/mol.